The monoisotopic (exact) mass is 467 g/mol. The van der Waals surface area contributed by atoms with E-state index in [4.69, 9.17) is 17.2 Å². The van der Waals surface area contributed by atoms with Gasteiger partial charge in [0, 0.05) is 24.9 Å². The van der Waals surface area contributed by atoms with E-state index < -0.39 is 48.4 Å². The summed E-state index contributed by atoms with van der Waals surface area (Å²) in [4.78, 5) is 59.0. The minimum atomic E-state index is -1.19. The predicted molar refractivity (Wildman–Crippen MR) is 120 cm³/mol. The number of guanidine groups is 1. The number of aromatic nitrogens is 2. The normalized spacial score (nSPS) is 13.5. The number of rotatable bonds is 14. The molecule has 0 saturated carbocycles. The zero-order valence-electron chi connectivity index (χ0n) is 18.7. The first-order valence-corrected chi connectivity index (χ1v) is 10.4. The van der Waals surface area contributed by atoms with Gasteiger partial charge < -0.3 is 43.2 Å². The Labute approximate surface area is 191 Å². The van der Waals surface area contributed by atoms with Gasteiger partial charge in [0.1, 0.15) is 12.1 Å². The fourth-order valence-corrected chi connectivity index (χ4v) is 2.79. The van der Waals surface area contributed by atoms with Crippen LogP contribution in [0.4, 0.5) is 0 Å². The van der Waals surface area contributed by atoms with E-state index in [1.165, 1.54) is 12.5 Å². The minimum absolute atomic E-state index is 0.0419. The molecular weight excluding hydrogens is 434 g/mol. The first kappa shape index (κ1) is 27.4. The minimum Gasteiger partial charge on any atom is -0.480 e. The third-order valence-electron chi connectivity index (χ3n) is 4.59. The number of imidazole rings is 1. The number of aliphatic imine (C=N–C) groups is 1. The van der Waals surface area contributed by atoms with E-state index in [0.29, 0.717) is 25.1 Å². The molecule has 0 aromatic carbocycles. The van der Waals surface area contributed by atoms with E-state index in [1.807, 2.05) is 0 Å². The van der Waals surface area contributed by atoms with E-state index in [9.17, 15) is 24.3 Å². The number of carbonyl (C=O) groups excluding carboxylic acids is 3. The van der Waals surface area contributed by atoms with Crippen LogP contribution in [0.1, 0.15) is 32.4 Å². The molecule has 3 atom stereocenters. The number of carboxylic acids is 1. The van der Waals surface area contributed by atoms with Crippen molar-refractivity contribution in [2.24, 2.45) is 28.1 Å². The van der Waals surface area contributed by atoms with Crippen LogP contribution in [-0.4, -0.2) is 75.9 Å². The van der Waals surface area contributed by atoms with Gasteiger partial charge in [0.2, 0.25) is 17.7 Å². The van der Waals surface area contributed by atoms with Gasteiger partial charge in [-0.3, -0.25) is 19.4 Å². The smallest absolute Gasteiger partial charge is 0.326 e. The molecule has 184 valence electrons. The zero-order chi connectivity index (χ0) is 25.0. The van der Waals surface area contributed by atoms with Crippen molar-refractivity contribution >= 4 is 29.7 Å². The van der Waals surface area contributed by atoms with Crippen molar-refractivity contribution in [3.05, 3.63) is 18.2 Å². The largest absolute Gasteiger partial charge is 0.480 e. The van der Waals surface area contributed by atoms with Crippen molar-refractivity contribution in [2.45, 2.75) is 51.2 Å². The van der Waals surface area contributed by atoms with E-state index >= 15 is 0 Å². The van der Waals surface area contributed by atoms with Crippen molar-refractivity contribution in [1.82, 2.24) is 25.9 Å². The number of nitrogens with one attached hydrogen (secondary N) is 4. The molecule has 1 rings (SSSR count). The third kappa shape index (κ3) is 10.5. The SMILES string of the molecule is CC(C)C(NC(=O)C(Cc1cnc[nH]1)NC(=O)CNC(=O)C(N)CCCN=C(N)N)C(=O)O. The van der Waals surface area contributed by atoms with Crippen LogP contribution in [-0.2, 0) is 25.6 Å². The second kappa shape index (κ2) is 13.7. The van der Waals surface area contributed by atoms with Crippen LogP contribution < -0.4 is 33.2 Å². The van der Waals surface area contributed by atoms with Crippen LogP contribution in [0, 0.1) is 5.92 Å². The summed E-state index contributed by atoms with van der Waals surface area (Å²) in [5.74, 6) is -3.49. The van der Waals surface area contributed by atoms with Gasteiger partial charge in [-0.15, -0.1) is 0 Å². The molecule has 3 unspecified atom stereocenters. The molecule has 1 aromatic rings. The number of carbonyl (C=O) groups is 4. The quantitative estimate of drug-likeness (QED) is 0.0796. The summed E-state index contributed by atoms with van der Waals surface area (Å²) in [7, 11) is 0. The molecule has 0 aliphatic carbocycles. The highest BCUT2D eigenvalue weighted by Crippen LogP contribution is 2.05. The molecule has 0 saturated heterocycles. The van der Waals surface area contributed by atoms with Crippen LogP contribution in [0.3, 0.4) is 0 Å². The number of hydrogen-bond acceptors (Lipinski definition) is 7. The molecule has 0 aliphatic heterocycles. The average Bonchev–Trinajstić information content (AvgIpc) is 3.25. The number of aliphatic carboxylic acids is 1. The standard InChI is InChI=1S/C19H33N9O5/c1-10(2)15(18(32)33)28-17(31)13(6-11-7-23-9-26-11)27-14(29)8-25-16(30)12(20)4-3-5-24-19(21)22/h7,9-10,12-13,15H,3-6,8,20H2,1-2H3,(H,23,26)(H,25,30)(H,27,29)(H,28,31)(H,32,33)(H4,21,22,24). The van der Waals surface area contributed by atoms with Gasteiger partial charge in [0.05, 0.1) is 18.9 Å². The molecule has 14 heteroatoms. The lowest BCUT2D eigenvalue weighted by atomic mass is 10.0. The Kier molecular flexibility index (Phi) is 11.3. The summed E-state index contributed by atoms with van der Waals surface area (Å²) < 4.78 is 0. The Morgan fingerprint density at radius 2 is 1.88 bits per heavy atom. The average molecular weight is 468 g/mol. The topological polar surface area (TPSA) is 244 Å². The van der Waals surface area contributed by atoms with Crippen molar-refractivity contribution < 1.29 is 24.3 Å². The van der Waals surface area contributed by atoms with Crippen LogP contribution in [0.15, 0.2) is 17.5 Å². The molecule has 0 spiro atoms. The van der Waals surface area contributed by atoms with Crippen LogP contribution in [0.5, 0.6) is 0 Å². The van der Waals surface area contributed by atoms with Gasteiger partial charge in [-0.05, 0) is 18.8 Å². The molecule has 11 N–H and O–H groups in total. The molecule has 1 aromatic heterocycles. The summed E-state index contributed by atoms with van der Waals surface area (Å²) in [5, 5.41) is 16.7. The fourth-order valence-electron chi connectivity index (χ4n) is 2.79. The lowest BCUT2D eigenvalue weighted by Gasteiger charge is -2.23. The molecule has 14 nitrogen and oxygen atoms in total. The second-order valence-corrected chi connectivity index (χ2v) is 7.74. The number of amides is 3. The first-order valence-electron chi connectivity index (χ1n) is 10.4. The molecule has 1 heterocycles. The van der Waals surface area contributed by atoms with E-state index in [2.05, 4.69) is 30.9 Å². The predicted octanol–water partition coefficient (Wildman–Crippen LogP) is -2.84. The maximum Gasteiger partial charge on any atom is 0.326 e. The lowest BCUT2D eigenvalue weighted by molar-refractivity contribution is -0.143. The maximum absolute atomic E-state index is 12.7. The van der Waals surface area contributed by atoms with E-state index in [-0.39, 0.29) is 18.3 Å². The molecule has 0 bridgehead atoms. The van der Waals surface area contributed by atoms with Gasteiger partial charge in [0.15, 0.2) is 5.96 Å². The van der Waals surface area contributed by atoms with Crippen molar-refractivity contribution in [1.29, 1.82) is 0 Å². The van der Waals surface area contributed by atoms with E-state index in [0.717, 1.165) is 0 Å². The Bertz CT molecular complexity index is 822. The lowest BCUT2D eigenvalue weighted by Crippen LogP contribution is -2.55. The van der Waals surface area contributed by atoms with Gasteiger partial charge in [0.25, 0.3) is 0 Å². The van der Waals surface area contributed by atoms with Crippen molar-refractivity contribution in [3.63, 3.8) is 0 Å². The van der Waals surface area contributed by atoms with Crippen LogP contribution in [0.25, 0.3) is 0 Å². The van der Waals surface area contributed by atoms with Crippen LogP contribution in [0.2, 0.25) is 0 Å². The number of nitrogens with zero attached hydrogens (tertiary/aromatic N) is 2. The van der Waals surface area contributed by atoms with E-state index in [1.54, 1.807) is 13.8 Å². The van der Waals surface area contributed by atoms with Gasteiger partial charge in [-0.1, -0.05) is 13.8 Å². The van der Waals surface area contributed by atoms with Crippen molar-refractivity contribution in [2.75, 3.05) is 13.1 Å². The third-order valence-corrected chi connectivity index (χ3v) is 4.59. The number of nitrogens with two attached hydrogens (primary N) is 3. The molecular formula is C19H33N9O5. The Balaban J connectivity index is 2.66. The number of carboxylic acid groups (broad SMARTS) is 1. The molecule has 3 amide bonds. The Morgan fingerprint density at radius 1 is 1.18 bits per heavy atom. The fraction of sp³-hybridized carbons (Fsp3) is 0.579. The highest BCUT2D eigenvalue weighted by Gasteiger charge is 2.29. The van der Waals surface area contributed by atoms with Gasteiger partial charge >= 0.3 is 5.97 Å². The summed E-state index contributed by atoms with van der Waals surface area (Å²) >= 11 is 0. The molecule has 0 fully saturated rings. The highest BCUT2D eigenvalue weighted by molar-refractivity contribution is 5.92. The number of hydrogen-bond donors (Lipinski definition) is 8. The maximum atomic E-state index is 12.7. The van der Waals surface area contributed by atoms with Gasteiger partial charge in [-0.2, -0.15) is 0 Å². The van der Waals surface area contributed by atoms with Crippen molar-refractivity contribution in [3.8, 4) is 0 Å². The number of H-pyrrole nitrogens is 1. The Hall–Kier alpha value is -3.68. The summed E-state index contributed by atoms with van der Waals surface area (Å²) in [5.41, 5.74) is 16.8. The summed E-state index contributed by atoms with van der Waals surface area (Å²) in [6.45, 7) is 3.21. The second-order valence-electron chi connectivity index (χ2n) is 7.74. The first-order chi connectivity index (χ1) is 15.5. The van der Waals surface area contributed by atoms with Crippen LogP contribution >= 0.6 is 0 Å². The summed E-state index contributed by atoms with van der Waals surface area (Å²) in [6, 6.07) is -3.09. The zero-order valence-corrected chi connectivity index (χ0v) is 18.7. The number of aromatic amines is 1. The highest BCUT2D eigenvalue weighted by atomic mass is 16.4. The Morgan fingerprint density at radius 3 is 2.42 bits per heavy atom. The molecule has 0 radical (unpaired) electrons. The van der Waals surface area contributed by atoms with Gasteiger partial charge in [-0.25, -0.2) is 9.78 Å². The summed E-state index contributed by atoms with van der Waals surface area (Å²) in [6.07, 6.45) is 3.72. The molecule has 33 heavy (non-hydrogen) atoms. The molecule has 0 aliphatic rings.